The molecule has 2 atom stereocenters. The number of rotatable bonds is 5. The van der Waals surface area contributed by atoms with Gasteiger partial charge in [-0.15, -0.1) is 0 Å². The number of pyridine rings is 1. The Kier molecular flexibility index (Phi) is 4.53. The Balaban J connectivity index is 2.26. The van der Waals surface area contributed by atoms with E-state index in [9.17, 15) is 4.21 Å². The molecule has 2 aromatic rings. The van der Waals surface area contributed by atoms with Crippen LogP contribution in [0.5, 0.6) is 0 Å². The summed E-state index contributed by atoms with van der Waals surface area (Å²) >= 11 is 0. The van der Waals surface area contributed by atoms with Crippen LogP contribution in [0.3, 0.4) is 0 Å². The predicted molar refractivity (Wildman–Crippen MR) is 82.3 cm³/mol. The minimum atomic E-state index is -0.844. The van der Waals surface area contributed by atoms with Crippen LogP contribution in [0, 0.1) is 5.92 Å². The van der Waals surface area contributed by atoms with Crippen molar-refractivity contribution in [3.05, 3.63) is 36.0 Å². The van der Waals surface area contributed by atoms with Crippen molar-refractivity contribution in [2.24, 2.45) is 5.92 Å². The van der Waals surface area contributed by atoms with Crippen molar-refractivity contribution in [1.82, 2.24) is 4.98 Å². The van der Waals surface area contributed by atoms with Crippen LogP contribution in [0.15, 0.2) is 30.5 Å². The third-order valence-corrected chi connectivity index (χ3v) is 4.94. The van der Waals surface area contributed by atoms with E-state index in [0.29, 0.717) is 11.7 Å². The van der Waals surface area contributed by atoms with Crippen LogP contribution >= 0.6 is 0 Å². The standard InChI is InChI=1S/C15H20N2OS/c1-3-11(2)9-19(18)10-12-6-7-14(16)13-5-4-8-17-15(12)13/h4-8,11H,3,9-10,16H2,1-2H3. The molecule has 2 N–H and O–H groups in total. The molecule has 0 bridgehead atoms. The maximum absolute atomic E-state index is 12.2. The SMILES string of the molecule is CCC(C)CS(=O)Cc1ccc(N)c2cccnc12. The van der Waals surface area contributed by atoms with E-state index >= 15 is 0 Å². The summed E-state index contributed by atoms with van der Waals surface area (Å²) in [5.41, 5.74) is 8.56. The van der Waals surface area contributed by atoms with Gasteiger partial charge in [0.2, 0.25) is 0 Å². The maximum Gasteiger partial charge on any atom is 0.0763 e. The molecule has 2 rings (SSSR count). The van der Waals surface area contributed by atoms with Gasteiger partial charge in [0.05, 0.1) is 11.3 Å². The van der Waals surface area contributed by atoms with Crippen molar-refractivity contribution in [3.8, 4) is 0 Å². The second-order valence-corrected chi connectivity index (χ2v) is 6.48. The molecule has 0 saturated carbocycles. The van der Waals surface area contributed by atoms with Crippen LogP contribution < -0.4 is 5.73 Å². The van der Waals surface area contributed by atoms with Gasteiger partial charge in [0.15, 0.2) is 0 Å². The lowest BCUT2D eigenvalue weighted by Crippen LogP contribution is -2.09. The molecule has 19 heavy (non-hydrogen) atoms. The highest BCUT2D eigenvalue weighted by Crippen LogP contribution is 2.23. The second-order valence-electron chi connectivity index (χ2n) is 4.98. The summed E-state index contributed by atoms with van der Waals surface area (Å²) in [6, 6.07) is 7.65. The summed E-state index contributed by atoms with van der Waals surface area (Å²) in [4.78, 5) is 4.38. The van der Waals surface area contributed by atoms with Crippen molar-refractivity contribution in [2.45, 2.75) is 26.0 Å². The topological polar surface area (TPSA) is 56.0 Å². The molecule has 102 valence electrons. The fraction of sp³-hybridized carbons (Fsp3) is 0.400. The molecular formula is C15H20N2OS. The van der Waals surface area contributed by atoms with Gasteiger partial charge in [-0.3, -0.25) is 9.19 Å². The van der Waals surface area contributed by atoms with E-state index in [1.165, 1.54) is 0 Å². The third-order valence-electron chi connectivity index (χ3n) is 3.37. The Bertz CT molecular complexity index is 598. The summed E-state index contributed by atoms with van der Waals surface area (Å²) in [6.45, 7) is 4.26. The largest absolute Gasteiger partial charge is 0.398 e. The number of nitrogen functional groups attached to an aromatic ring is 1. The number of hydrogen-bond acceptors (Lipinski definition) is 3. The van der Waals surface area contributed by atoms with Crippen molar-refractivity contribution >= 4 is 27.4 Å². The molecule has 1 aromatic heterocycles. The van der Waals surface area contributed by atoms with Gasteiger partial charge in [-0.1, -0.05) is 26.3 Å². The fourth-order valence-electron chi connectivity index (χ4n) is 2.04. The lowest BCUT2D eigenvalue weighted by atomic mass is 10.1. The third kappa shape index (κ3) is 3.32. The smallest absolute Gasteiger partial charge is 0.0763 e. The normalized spacial score (nSPS) is 14.4. The van der Waals surface area contributed by atoms with Crippen LogP contribution in [0.2, 0.25) is 0 Å². The van der Waals surface area contributed by atoms with E-state index < -0.39 is 10.8 Å². The van der Waals surface area contributed by atoms with Crippen LogP contribution in [0.4, 0.5) is 5.69 Å². The van der Waals surface area contributed by atoms with E-state index in [0.717, 1.165) is 34.3 Å². The molecule has 0 radical (unpaired) electrons. The highest BCUT2D eigenvalue weighted by molar-refractivity contribution is 7.84. The molecule has 0 aliphatic carbocycles. The first-order valence-corrected chi connectivity index (χ1v) is 8.07. The van der Waals surface area contributed by atoms with Crippen LogP contribution in [0.25, 0.3) is 10.9 Å². The molecule has 1 aromatic carbocycles. The Morgan fingerprint density at radius 3 is 2.89 bits per heavy atom. The van der Waals surface area contributed by atoms with E-state index in [1.54, 1.807) is 6.20 Å². The lowest BCUT2D eigenvalue weighted by Gasteiger charge is -2.10. The van der Waals surface area contributed by atoms with Crippen molar-refractivity contribution < 1.29 is 4.21 Å². The lowest BCUT2D eigenvalue weighted by molar-refractivity contribution is 0.615. The van der Waals surface area contributed by atoms with Gasteiger partial charge in [0, 0.05) is 33.8 Å². The molecule has 0 saturated heterocycles. The van der Waals surface area contributed by atoms with Crippen molar-refractivity contribution in [1.29, 1.82) is 0 Å². The van der Waals surface area contributed by atoms with Crippen LogP contribution in [-0.2, 0) is 16.6 Å². The number of benzene rings is 1. The zero-order chi connectivity index (χ0) is 13.8. The second kappa shape index (κ2) is 6.15. The molecule has 0 aliphatic rings. The first-order valence-electron chi connectivity index (χ1n) is 6.59. The molecule has 0 aliphatic heterocycles. The van der Waals surface area contributed by atoms with Gasteiger partial charge in [-0.2, -0.15) is 0 Å². The highest BCUT2D eigenvalue weighted by Gasteiger charge is 2.10. The van der Waals surface area contributed by atoms with Gasteiger partial charge in [0.25, 0.3) is 0 Å². The van der Waals surface area contributed by atoms with Gasteiger partial charge < -0.3 is 5.73 Å². The molecule has 1 heterocycles. The first-order chi connectivity index (χ1) is 9.11. The maximum atomic E-state index is 12.2. The zero-order valence-corrected chi connectivity index (χ0v) is 12.2. The van der Waals surface area contributed by atoms with E-state index in [2.05, 4.69) is 18.8 Å². The minimum absolute atomic E-state index is 0.494. The number of nitrogens with two attached hydrogens (primary N) is 1. The number of anilines is 1. The molecule has 0 amide bonds. The molecule has 0 spiro atoms. The highest BCUT2D eigenvalue weighted by atomic mass is 32.2. The zero-order valence-electron chi connectivity index (χ0n) is 11.4. The van der Waals surface area contributed by atoms with Gasteiger partial charge >= 0.3 is 0 Å². The summed E-state index contributed by atoms with van der Waals surface area (Å²) < 4.78 is 12.2. The first kappa shape index (κ1) is 14.0. The Morgan fingerprint density at radius 1 is 1.37 bits per heavy atom. The molecule has 2 unspecified atom stereocenters. The predicted octanol–water partition coefficient (Wildman–Crippen LogP) is 3.11. The molecule has 0 fully saturated rings. The monoisotopic (exact) mass is 276 g/mol. The Hall–Kier alpha value is -1.42. The summed E-state index contributed by atoms with van der Waals surface area (Å²) in [5, 5.41) is 0.945. The van der Waals surface area contributed by atoms with E-state index in [1.807, 2.05) is 24.3 Å². The summed E-state index contributed by atoms with van der Waals surface area (Å²) in [6.07, 6.45) is 2.81. The quantitative estimate of drug-likeness (QED) is 0.854. The fourth-order valence-corrected chi connectivity index (χ4v) is 3.61. The van der Waals surface area contributed by atoms with Gasteiger partial charge in [-0.05, 0) is 29.7 Å². The average Bonchev–Trinajstić information content (AvgIpc) is 2.42. The van der Waals surface area contributed by atoms with Crippen LogP contribution in [0.1, 0.15) is 25.8 Å². The minimum Gasteiger partial charge on any atom is -0.398 e. The van der Waals surface area contributed by atoms with Gasteiger partial charge in [-0.25, -0.2) is 0 Å². The molecule has 4 heteroatoms. The van der Waals surface area contributed by atoms with E-state index in [-0.39, 0.29) is 0 Å². The number of fused-ring (bicyclic) bond motifs is 1. The van der Waals surface area contributed by atoms with E-state index in [4.69, 9.17) is 5.73 Å². The Morgan fingerprint density at radius 2 is 2.16 bits per heavy atom. The summed E-state index contributed by atoms with van der Waals surface area (Å²) in [7, 11) is -0.844. The van der Waals surface area contributed by atoms with Crippen molar-refractivity contribution in [2.75, 3.05) is 11.5 Å². The Labute approximate surface area is 116 Å². The number of aromatic nitrogens is 1. The number of nitrogens with zero attached hydrogens (tertiary/aromatic N) is 1. The van der Waals surface area contributed by atoms with Gasteiger partial charge in [0.1, 0.15) is 0 Å². The summed E-state index contributed by atoms with van der Waals surface area (Å²) in [5.74, 6) is 1.79. The van der Waals surface area contributed by atoms with Crippen LogP contribution in [-0.4, -0.2) is 14.9 Å². The molecular weight excluding hydrogens is 256 g/mol. The molecule has 3 nitrogen and oxygen atoms in total. The average molecular weight is 276 g/mol. The number of hydrogen-bond donors (Lipinski definition) is 1. The van der Waals surface area contributed by atoms with Crippen molar-refractivity contribution in [3.63, 3.8) is 0 Å².